The normalized spacial score (nSPS) is 24.8. The number of β-amino-alcohol motifs (C(OH)–C–C–N with tert-alkyl or cyclic N) is 2. The fourth-order valence-electron chi connectivity index (χ4n) is 1.69. The predicted molar refractivity (Wildman–Crippen MR) is 57.5 cm³/mol. The first-order valence-electron chi connectivity index (χ1n) is 5.13. The van der Waals surface area contributed by atoms with Gasteiger partial charge in [0.25, 0.3) is 10.1 Å². The molecule has 1 rings (SSSR count). The molecule has 1 heterocycles. The van der Waals surface area contributed by atoms with E-state index >= 15 is 0 Å². The molecule has 0 aromatic rings. The summed E-state index contributed by atoms with van der Waals surface area (Å²) >= 11 is 0. The Morgan fingerprint density at radius 1 is 1.25 bits per heavy atom. The lowest BCUT2D eigenvalue weighted by molar-refractivity contribution is -0.0550. The molecule has 8 heteroatoms. The topological polar surface area (TPSA) is 101 Å². The number of aliphatic hydroxyl groups is 2. The highest BCUT2D eigenvalue weighted by Gasteiger charge is 2.25. The van der Waals surface area contributed by atoms with Crippen LogP contribution in [-0.2, 0) is 10.1 Å². The first-order valence-corrected chi connectivity index (χ1v) is 6.74. The lowest BCUT2D eigenvalue weighted by Crippen LogP contribution is -2.54. The first-order chi connectivity index (χ1) is 7.42. The van der Waals surface area contributed by atoms with Gasteiger partial charge in [-0.25, -0.2) is 0 Å². The summed E-state index contributed by atoms with van der Waals surface area (Å²) in [4.78, 5) is 3.50. The van der Waals surface area contributed by atoms with Gasteiger partial charge in [0.15, 0.2) is 0 Å². The fourth-order valence-corrected chi connectivity index (χ4v) is 2.16. The molecule has 1 fully saturated rings. The molecular weight excluding hydrogens is 236 g/mol. The number of aliphatic hydroxyl groups excluding tert-OH is 2. The summed E-state index contributed by atoms with van der Waals surface area (Å²) in [5, 5.41) is 18.4. The lowest BCUT2D eigenvalue weighted by Gasteiger charge is -2.38. The Balaban J connectivity index is 2.36. The minimum absolute atomic E-state index is 0.0394. The Hall–Kier alpha value is -0.250. The SMILES string of the molecule is O=S(=O)(O)CCN1CCN(CCO)CC1O. The van der Waals surface area contributed by atoms with Gasteiger partial charge in [-0.1, -0.05) is 0 Å². The molecule has 1 aliphatic rings. The molecule has 0 bridgehead atoms. The Morgan fingerprint density at radius 2 is 1.94 bits per heavy atom. The van der Waals surface area contributed by atoms with Gasteiger partial charge in [0.05, 0.1) is 12.4 Å². The van der Waals surface area contributed by atoms with Crippen LogP contribution < -0.4 is 0 Å². The lowest BCUT2D eigenvalue weighted by atomic mass is 10.3. The van der Waals surface area contributed by atoms with Crippen LogP contribution in [0.3, 0.4) is 0 Å². The monoisotopic (exact) mass is 254 g/mol. The molecule has 1 atom stereocenters. The molecule has 0 radical (unpaired) electrons. The summed E-state index contributed by atoms with van der Waals surface area (Å²) in [6.45, 7) is 2.24. The number of hydrogen-bond donors (Lipinski definition) is 3. The zero-order chi connectivity index (χ0) is 12.2. The average molecular weight is 254 g/mol. The highest BCUT2D eigenvalue weighted by molar-refractivity contribution is 7.85. The quantitative estimate of drug-likeness (QED) is 0.479. The van der Waals surface area contributed by atoms with Crippen molar-refractivity contribution in [3.63, 3.8) is 0 Å². The molecule has 1 aliphatic heterocycles. The van der Waals surface area contributed by atoms with Crippen molar-refractivity contribution in [2.24, 2.45) is 0 Å². The number of rotatable bonds is 5. The van der Waals surface area contributed by atoms with Crippen LogP contribution in [0.15, 0.2) is 0 Å². The van der Waals surface area contributed by atoms with Crippen LogP contribution in [0.4, 0.5) is 0 Å². The molecule has 16 heavy (non-hydrogen) atoms. The highest BCUT2D eigenvalue weighted by Crippen LogP contribution is 2.07. The molecule has 1 saturated heterocycles. The van der Waals surface area contributed by atoms with Crippen molar-refractivity contribution in [1.82, 2.24) is 9.80 Å². The largest absolute Gasteiger partial charge is 0.395 e. The van der Waals surface area contributed by atoms with Gasteiger partial charge in [-0.15, -0.1) is 0 Å². The Morgan fingerprint density at radius 3 is 2.44 bits per heavy atom. The molecule has 0 amide bonds. The molecule has 0 saturated carbocycles. The maximum Gasteiger partial charge on any atom is 0.266 e. The molecule has 96 valence electrons. The highest BCUT2D eigenvalue weighted by atomic mass is 32.2. The van der Waals surface area contributed by atoms with Crippen molar-refractivity contribution in [1.29, 1.82) is 0 Å². The third kappa shape index (κ3) is 4.73. The summed E-state index contributed by atoms with van der Waals surface area (Å²) < 4.78 is 29.7. The van der Waals surface area contributed by atoms with Gasteiger partial charge in [-0.3, -0.25) is 14.4 Å². The second-order valence-electron chi connectivity index (χ2n) is 3.83. The summed E-state index contributed by atoms with van der Waals surface area (Å²) in [7, 11) is -3.98. The third-order valence-electron chi connectivity index (χ3n) is 2.60. The second kappa shape index (κ2) is 5.89. The van der Waals surface area contributed by atoms with Crippen LogP contribution in [0.25, 0.3) is 0 Å². The molecule has 0 aliphatic carbocycles. The van der Waals surface area contributed by atoms with E-state index in [0.717, 1.165) is 0 Å². The van der Waals surface area contributed by atoms with Crippen molar-refractivity contribution in [2.45, 2.75) is 6.23 Å². The van der Waals surface area contributed by atoms with Crippen LogP contribution in [0, 0.1) is 0 Å². The van der Waals surface area contributed by atoms with Crippen LogP contribution in [-0.4, -0.2) is 84.3 Å². The van der Waals surface area contributed by atoms with E-state index < -0.39 is 16.3 Å². The predicted octanol–water partition coefficient (Wildman–Crippen LogP) is -2.20. The van der Waals surface area contributed by atoms with Gasteiger partial charge in [0.2, 0.25) is 0 Å². The second-order valence-corrected chi connectivity index (χ2v) is 5.40. The Labute approximate surface area is 95.0 Å². The summed E-state index contributed by atoms with van der Waals surface area (Å²) in [6.07, 6.45) is -0.748. The number of hydrogen-bond acceptors (Lipinski definition) is 6. The van der Waals surface area contributed by atoms with Crippen molar-refractivity contribution in [3.8, 4) is 0 Å². The summed E-state index contributed by atoms with van der Waals surface area (Å²) in [5.74, 6) is -0.371. The van der Waals surface area contributed by atoms with Crippen molar-refractivity contribution in [2.75, 3.05) is 45.1 Å². The molecule has 3 N–H and O–H groups in total. The molecule has 0 aromatic heterocycles. The van der Waals surface area contributed by atoms with Crippen LogP contribution in [0.5, 0.6) is 0 Å². The summed E-state index contributed by atoms with van der Waals surface area (Å²) in [6, 6.07) is 0. The third-order valence-corrected chi connectivity index (χ3v) is 3.30. The maximum absolute atomic E-state index is 10.6. The van der Waals surface area contributed by atoms with Crippen LogP contribution in [0.1, 0.15) is 0 Å². The van der Waals surface area contributed by atoms with Gasteiger partial charge in [0.1, 0.15) is 6.23 Å². The Bertz CT molecular complexity index is 308. The van der Waals surface area contributed by atoms with E-state index in [9.17, 15) is 13.5 Å². The van der Waals surface area contributed by atoms with Crippen molar-refractivity contribution >= 4 is 10.1 Å². The first kappa shape index (κ1) is 13.8. The molecule has 1 unspecified atom stereocenters. The van der Waals surface area contributed by atoms with Crippen LogP contribution in [0.2, 0.25) is 0 Å². The standard InChI is InChI=1S/C8H18N2O5S/c11-5-3-9-1-2-10(8(12)7-9)4-6-16(13,14)15/h8,11-12H,1-7H2,(H,13,14,15). The molecule has 7 nitrogen and oxygen atoms in total. The van der Waals surface area contributed by atoms with E-state index in [1.165, 1.54) is 0 Å². The molecule has 0 spiro atoms. The van der Waals surface area contributed by atoms with Crippen molar-refractivity contribution in [3.05, 3.63) is 0 Å². The van der Waals surface area contributed by atoms with E-state index in [1.54, 1.807) is 4.90 Å². The van der Waals surface area contributed by atoms with Gasteiger partial charge >= 0.3 is 0 Å². The van der Waals surface area contributed by atoms with E-state index in [-0.39, 0.29) is 18.9 Å². The van der Waals surface area contributed by atoms with Gasteiger partial charge in [0, 0.05) is 32.7 Å². The van der Waals surface area contributed by atoms with Crippen LogP contribution >= 0.6 is 0 Å². The zero-order valence-electron chi connectivity index (χ0n) is 8.99. The van der Waals surface area contributed by atoms with E-state index in [1.807, 2.05) is 4.90 Å². The number of nitrogens with zero attached hydrogens (tertiary/aromatic N) is 2. The van der Waals surface area contributed by atoms with Gasteiger partial charge in [-0.2, -0.15) is 8.42 Å². The van der Waals surface area contributed by atoms with Gasteiger partial charge < -0.3 is 10.2 Å². The van der Waals surface area contributed by atoms with E-state index in [2.05, 4.69) is 0 Å². The van der Waals surface area contributed by atoms with E-state index in [0.29, 0.717) is 26.2 Å². The maximum atomic E-state index is 10.6. The number of piperazine rings is 1. The van der Waals surface area contributed by atoms with Gasteiger partial charge in [-0.05, 0) is 0 Å². The van der Waals surface area contributed by atoms with Crippen molar-refractivity contribution < 1.29 is 23.2 Å². The van der Waals surface area contributed by atoms with E-state index in [4.69, 9.17) is 9.66 Å². The average Bonchev–Trinajstić information content (AvgIpc) is 2.15. The zero-order valence-corrected chi connectivity index (χ0v) is 9.80. The molecule has 0 aromatic carbocycles. The minimum Gasteiger partial charge on any atom is -0.395 e. The summed E-state index contributed by atoms with van der Waals surface area (Å²) in [5.41, 5.74) is 0. The fraction of sp³-hybridized carbons (Fsp3) is 1.00. The minimum atomic E-state index is -3.98. The molecular formula is C8H18N2O5S. The Kier molecular flexibility index (Phi) is 5.09. The smallest absolute Gasteiger partial charge is 0.266 e.